The number of Topliss-reactive ketones (excluding diaryl/α,β-unsaturated/α-hetero) is 1. The van der Waals surface area contributed by atoms with Crippen molar-refractivity contribution in [1.29, 1.82) is 0 Å². The van der Waals surface area contributed by atoms with Crippen molar-refractivity contribution in [3.8, 4) is 5.75 Å². The zero-order valence-corrected chi connectivity index (χ0v) is 11.8. The average Bonchev–Trinajstić information content (AvgIpc) is 2.44. The Morgan fingerprint density at radius 3 is 2.25 bits per heavy atom. The summed E-state index contributed by atoms with van der Waals surface area (Å²) in [6.45, 7) is 3.85. The molecule has 0 fully saturated rings. The summed E-state index contributed by atoms with van der Waals surface area (Å²) in [5.41, 5.74) is 3.85. The van der Waals surface area contributed by atoms with Gasteiger partial charge in [0.1, 0.15) is 5.75 Å². The van der Waals surface area contributed by atoms with Crippen LogP contribution in [0.2, 0.25) is 0 Å². The van der Waals surface area contributed by atoms with Crippen LogP contribution in [0.3, 0.4) is 0 Å². The maximum absolute atomic E-state index is 12.2. The minimum absolute atomic E-state index is 0.113. The molecule has 1 N–H and O–H groups in total. The maximum atomic E-state index is 12.2. The van der Waals surface area contributed by atoms with Gasteiger partial charge >= 0.3 is 0 Å². The molecule has 0 aromatic heterocycles. The van der Waals surface area contributed by atoms with Crippen LogP contribution in [-0.4, -0.2) is 10.9 Å². The number of hydrogen-bond donors (Lipinski definition) is 1. The molecule has 2 nitrogen and oxygen atoms in total. The molecule has 0 saturated heterocycles. The summed E-state index contributed by atoms with van der Waals surface area (Å²) < 4.78 is 0. The fraction of sp³-hybridized carbons (Fsp3) is 0.167. The summed E-state index contributed by atoms with van der Waals surface area (Å²) >= 11 is 0. The molecular weight excluding hydrogens is 248 g/mol. The molecule has 102 valence electrons. The van der Waals surface area contributed by atoms with E-state index >= 15 is 0 Å². The number of rotatable bonds is 4. The topological polar surface area (TPSA) is 37.3 Å². The van der Waals surface area contributed by atoms with Gasteiger partial charge in [0.25, 0.3) is 0 Å². The fourth-order valence-corrected chi connectivity index (χ4v) is 1.93. The molecule has 0 aliphatic rings. The van der Waals surface area contributed by atoms with E-state index in [1.54, 1.807) is 24.3 Å². The minimum Gasteiger partial charge on any atom is -0.508 e. The Bertz CT molecular complexity index is 619. The third-order valence-corrected chi connectivity index (χ3v) is 3.20. The Morgan fingerprint density at radius 1 is 1.05 bits per heavy atom. The first kappa shape index (κ1) is 14.1. The SMILES string of the molecule is C/C(=C\c1ccc(O)cc1)C(=O)Cc1ccc(C)cc1. The van der Waals surface area contributed by atoms with Gasteiger partial charge in [0.15, 0.2) is 5.78 Å². The second-order valence-electron chi connectivity index (χ2n) is 5.00. The third kappa shape index (κ3) is 3.82. The summed E-state index contributed by atoms with van der Waals surface area (Å²) in [4.78, 5) is 12.2. The number of carbonyl (C=O) groups is 1. The molecule has 2 aromatic carbocycles. The second-order valence-corrected chi connectivity index (χ2v) is 5.00. The van der Waals surface area contributed by atoms with Crippen LogP contribution in [-0.2, 0) is 11.2 Å². The van der Waals surface area contributed by atoms with Crippen molar-refractivity contribution >= 4 is 11.9 Å². The molecule has 2 rings (SSSR count). The molecule has 0 bridgehead atoms. The molecule has 20 heavy (non-hydrogen) atoms. The Balaban J connectivity index is 2.08. The van der Waals surface area contributed by atoms with E-state index in [0.717, 1.165) is 16.7 Å². The van der Waals surface area contributed by atoms with Gasteiger partial charge in [-0.2, -0.15) is 0 Å². The van der Waals surface area contributed by atoms with E-state index in [-0.39, 0.29) is 11.5 Å². The summed E-state index contributed by atoms with van der Waals surface area (Å²) in [6, 6.07) is 14.8. The van der Waals surface area contributed by atoms with Crippen molar-refractivity contribution in [2.75, 3.05) is 0 Å². The van der Waals surface area contributed by atoms with Crippen LogP contribution in [0, 0.1) is 6.92 Å². The number of allylic oxidation sites excluding steroid dienone is 1. The van der Waals surface area contributed by atoms with Crippen molar-refractivity contribution in [2.45, 2.75) is 20.3 Å². The Morgan fingerprint density at radius 2 is 1.65 bits per heavy atom. The largest absolute Gasteiger partial charge is 0.508 e. The lowest BCUT2D eigenvalue weighted by Crippen LogP contribution is -2.04. The van der Waals surface area contributed by atoms with Crippen LogP contribution < -0.4 is 0 Å². The molecule has 2 heteroatoms. The van der Waals surface area contributed by atoms with Gasteiger partial charge < -0.3 is 5.11 Å². The molecule has 0 saturated carbocycles. The quantitative estimate of drug-likeness (QED) is 0.852. The van der Waals surface area contributed by atoms with E-state index < -0.39 is 0 Å². The van der Waals surface area contributed by atoms with Crippen molar-refractivity contribution in [3.05, 3.63) is 70.8 Å². The predicted octanol–water partition coefficient (Wildman–Crippen LogP) is 3.92. The summed E-state index contributed by atoms with van der Waals surface area (Å²) in [5, 5.41) is 9.23. The zero-order chi connectivity index (χ0) is 14.5. The van der Waals surface area contributed by atoms with E-state index in [1.165, 1.54) is 5.56 Å². The first-order valence-corrected chi connectivity index (χ1v) is 6.60. The maximum Gasteiger partial charge on any atom is 0.162 e. The van der Waals surface area contributed by atoms with Crippen LogP contribution in [0.5, 0.6) is 5.75 Å². The third-order valence-electron chi connectivity index (χ3n) is 3.20. The highest BCUT2D eigenvalue weighted by Gasteiger charge is 2.06. The highest BCUT2D eigenvalue weighted by atomic mass is 16.3. The molecule has 0 radical (unpaired) electrons. The van der Waals surface area contributed by atoms with Crippen molar-refractivity contribution < 1.29 is 9.90 Å². The van der Waals surface area contributed by atoms with Gasteiger partial charge in [0.05, 0.1) is 0 Å². The lowest BCUT2D eigenvalue weighted by Gasteiger charge is -2.03. The standard InChI is InChI=1S/C18H18O2/c1-13-3-5-16(6-4-13)12-18(20)14(2)11-15-7-9-17(19)10-8-15/h3-11,19H,12H2,1-2H3/b14-11+. The smallest absolute Gasteiger partial charge is 0.162 e. The molecule has 0 amide bonds. The van der Waals surface area contributed by atoms with Gasteiger partial charge in [0, 0.05) is 6.42 Å². The Labute approximate surface area is 119 Å². The molecule has 0 aliphatic heterocycles. The molecule has 0 spiro atoms. The number of benzene rings is 2. The van der Waals surface area contributed by atoms with E-state index in [0.29, 0.717) is 6.42 Å². The number of phenols is 1. The van der Waals surface area contributed by atoms with Crippen LogP contribution >= 0.6 is 0 Å². The van der Waals surface area contributed by atoms with E-state index in [9.17, 15) is 9.90 Å². The number of carbonyl (C=O) groups excluding carboxylic acids is 1. The van der Waals surface area contributed by atoms with Gasteiger partial charge in [-0.1, -0.05) is 42.0 Å². The van der Waals surface area contributed by atoms with Crippen LogP contribution in [0.25, 0.3) is 6.08 Å². The highest BCUT2D eigenvalue weighted by Crippen LogP contribution is 2.14. The minimum atomic E-state index is 0.113. The highest BCUT2D eigenvalue weighted by molar-refractivity contribution is 6.00. The lowest BCUT2D eigenvalue weighted by molar-refractivity contribution is -0.114. The van der Waals surface area contributed by atoms with Crippen molar-refractivity contribution in [1.82, 2.24) is 0 Å². The average molecular weight is 266 g/mol. The molecule has 2 aromatic rings. The number of ketones is 1. The van der Waals surface area contributed by atoms with E-state index in [4.69, 9.17) is 0 Å². The molecule has 0 aliphatic carbocycles. The zero-order valence-electron chi connectivity index (χ0n) is 11.8. The Kier molecular flexibility index (Phi) is 4.36. The number of aryl methyl sites for hydroxylation is 1. The van der Waals surface area contributed by atoms with Gasteiger partial charge in [-0.05, 0) is 48.8 Å². The monoisotopic (exact) mass is 266 g/mol. The summed E-state index contributed by atoms with van der Waals surface area (Å²) in [6.07, 6.45) is 2.26. The first-order valence-electron chi connectivity index (χ1n) is 6.60. The van der Waals surface area contributed by atoms with E-state index in [2.05, 4.69) is 0 Å². The van der Waals surface area contributed by atoms with Crippen molar-refractivity contribution in [3.63, 3.8) is 0 Å². The van der Waals surface area contributed by atoms with E-state index in [1.807, 2.05) is 44.2 Å². The van der Waals surface area contributed by atoms with Crippen LogP contribution in [0.15, 0.2) is 54.1 Å². The van der Waals surface area contributed by atoms with Gasteiger partial charge in [-0.25, -0.2) is 0 Å². The van der Waals surface area contributed by atoms with Crippen LogP contribution in [0.4, 0.5) is 0 Å². The fourth-order valence-electron chi connectivity index (χ4n) is 1.93. The van der Waals surface area contributed by atoms with Gasteiger partial charge in [0.2, 0.25) is 0 Å². The number of aromatic hydroxyl groups is 1. The Hall–Kier alpha value is -2.35. The molecule has 0 unspecified atom stereocenters. The van der Waals surface area contributed by atoms with Gasteiger partial charge in [-0.3, -0.25) is 4.79 Å². The molecule has 0 heterocycles. The first-order chi connectivity index (χ1) is 9.54. The predicted molar refractivity (Wildman–Crippen MR) is 81.6 cm³/mol. The number of hydrogen-bond acceptors (Lipinski definition) is 2. The van der Waals surface area contributed by atoms with Gasteiger partial charge in [-0.15, -0.1) is 0 Å². The lowest BCUT2D eigenvalue weighted by atomic mass is 10.0. The van der Waals surface area contributed by atoms with Crippen LogP contribution in [0.1, 0.15) is 23.6 Å². The normalized spacial score (nSPS) is 11.4. The second kappa shape index (κ2) is 6.20. The summed E-state index contributed by atoms with van der Waals surface area (Å²) in [7, 11) is 0. The molecular formula is C18H18O2. The summed E-state index contributed by atoms with van der Waals surface area (Å²) in [5.74, 6) is 0.340. The molecule has 0 atom stereocenters. The number of phenolic OH excluding ortho intramolecular Hbond substituents is 1. The van der Waals surface area contributed by atoms with Crippen molar-refractivity contribution in [2.24, 2.45) is 0 Å².